The van der Waals surface area contributed by atoms with Crippen molar-refractivity contribution in [1.82, 2.24) is 14.7 Å². The van der Waals surface area contributed by atoms with Crippen molar-refractivity contribution in [3.8, 4) is 0 Å². The molecule has 0 aromatic carbocycles. The molecule has 1 aromatic heterocycles. The van der Waals surface area contributed by atoms with Crippen LogP contribution in [0.25, 0.3) is 0 Å². The Bertz CT molecular complexity index is 391. The van der Waals surface area contributed by atoms with Gasteiger partial charge in [0.15, 0.2) is 0 Å². The minimum absolute atomic E-state index is 0.0713. The van der Waals surface area contributed by atoms with E-state index in [1.807, 2.05) is 17.8 Å². The highest BCUT2D eigenvalue weighted by Gasteiger charge is 2.23. The normalized spacial score (nSPS) is 21.6. The Morgan fingerprint density at radius 2 is 2.53 bits per heavy atom. The summed E-state index contributed by atoms with van der Waals surface area (Å²) >= 11 is 0. The summed E-state index contributed by atoms with van der Waals surface area (Å²) in [5, 5.41) is 12.9. The van der Waals surface area contributed by atoms with Gasteiger partial charge in [-0.15, -0.1) is 0 Å². The van der Waals surface area contributed by atoms with Gasteiger partial charge < -0.3 is 9.84 Å². The van der Waals surface area contributed by atoms with Crippen LogP contribution >= 0.6 is 0 Å². The van der Waals surface area contributed by atoms with Gasteiger partial charge in [-0.3, -0.25) is 14.4 Å². The molecule has 1 N–H and O–H groups in total. The van der Waals surface area contributed by atoms with Gasteiger partial charge >= 0.3 is 5.97 Å². The monoisotopic (exact) mass is 239 g/mol. The molecule has 2 heterocycles. The minimum atomic E-state index is -0.808. The molecule has 17 heavy (non-hydrogen) atoms. The SMILES string of the molecule is Cn1nccc1CN1CCOC(CC(=O)O)C1. The van der Waals surface area contributed by atoms with E-state index >= 15 is 0 Å². The Kier molecular flexibility index (Phi) is 3.75. The molecule has 0 saturated carbocycles. The number of hydrogen-bond donors (Lipinski definition) is 1. The zero-order chi connectivity index (χ0) is 12.3. The van der Waals surface area contributed by atoms with Crippen molar-refractivity contribution in [2.24, 2.45) is 7.05 Å². The third-order valence-electron chi connectivity index (χ3n) is 2.93. The Balaban J connectivity index is 1.89. The molecule has 1 aromatic rings. The summed E-state index contributed by atoms with van der Waals surface area (Å²) in [5.74, 6) is -0.808. The van der Waals surface area contributed by atoms with Crippen molar-refractivity contribution in [2.45, 2.75) is 19.1 Å². The average Bonchev–Trinajstić information content (AvgIpc) is 2.64. The van der Waals surface area contributed by atoms with Crippen LogP contribution in [-0.4, -0.2) is 51.6 Å². The fourth-order valence-corrected chi connectivity index (χ4v) is 2.03. The van der Waals surface area contributed by atoms with Crippen LogP contribution in [0.4, 0.5) is 0 Å². The van der Waals surface area contributed by atoms with Crippen LogP contribution in [0.15, 0.2) is 12.3 Å². The van der Waals surface area contributed by atoms with Crippen LogP contribution in [0.1, 0.15) is 12.1 Å². The molecule has 6 nitrogen and oxygen atoms in total. The highest BCUT2D eigenvalue weighted by molar-refractivity contribution is 5.67. The molecule has 2 rings (SSSR count). The number of nitrogens with zero attached hydrogens (tertiary/aromatic N) is 3. The molecule has 1 saturated heterocycles. The summed E-state index contributed by atoms with van der Waals surface area (Å²) in [4.78, 5) is 12.8. The number of carbonyl (C=O) groups is 1. The number of aliphatic carboxylic acids is 1. The number of rotatable bonds is 4. The molecule has 1 atom stereocenters. The third-order valence-corrected chi connectivity index (χ3v) is 2.93. The predicted octanol–water partition coefficient (Wildman–Crippen LogP) is 0.0956. The highest BCUT2D eigenvalue weighted by Crippen LogP contribution is 2.12. The maximum atomic E-state index is 10.6. The molecule has 0 aliphatic carbocycles. The molecule has 0 radical (unpaired) electrons. The van der Waals surface area contributed by atoms with Crippen LogP contribution < -0.4 is 0 Å². The summed E-state index contributed by atoms with van der Waals surface area (Å²) in [6, 6.07) is 1.97. The van der Waals surface area contributed by atoms with Crippen molar-refractivity contribution in [3.63, 3.8) is 0 Å². The van der Waals surface area contributed by atoms with Crippen molar-refractivity contribution in [1.29, 1.82) is 0 Å². The van der Waals surface area contributed by atoms with E-state index < -0.39 is 5.97 Å². The molecule has 1 aliphatic rings. The number of hydrogen-bond acceptors (Lipinski definition) is 4. The molecule has 94 valence electrons. The maximum absolute atomic E-state index is 10.6. The zero-order valence-corrected chi connectivity index (χ0v) is 9.87. The predicted molar refractivity (Wildman–Crippen MR) is 60.5 cm³/mol. The Morgan fingerprint density at radius 1 is 1.71 bits per heavy atom. The average molecular weight is 239 g/mol. The first kappa shape index (κ1) is 12.1. The number of carboxylic acids is 1. The number of morpholine rings is 1. The van der Waals surface area contributed by atoms with Gasteiger partial charge in [0, 0.05) is 32.9 Å². The first-order chi connectivity index (χ1) is 8.15. The number of aromatic nitrogens is 2. The van der Waals surface area contributed by atoms with Crippen molar-refractivity contribution in [3.05, 3.63) is 18.0 Å². The van der Waals surface area contributed by atoms with E-state index in [0.717, 1.165) is 18.8 Å². The highest BCUT2D eigenvalue weighted by atomic mass is 16.5. The number of ether oxygens (including phenoxy) is 1. The van der Waals surface area contributed by atoms with E-state index in [2.05, 4.69) is 10.00 Å². The van der Waals surface area contributed by atoms with Crippen LogP contribution in [0.2, 0.25) is 0 Å². The second-order valence-corrected chi connectivity index (χ2v) is 4.27. The molecule has 1 aliphatic heterocycles. The summed E-state index contributed by atoms with van der Waals surface area (Å²) < 4.78 is 7.26. The third kappa shape index (κ3) is 3.28. The van der Waals surface area contributed by atoms with Crippen molar-refractivity contribution >= 4 is 5.97 Å². The van der Waals surface area contributed by atoms with Crippen LogP contribution in [0.5, 0.6) is 0 Å². The lowest BCUT2D eigenvalue weighted by atomic mass is 10.2. The molecule has 0 spiro atoms. The molecular weight excluding hydrogens is 222 g/mol. The molecular formula is C11H17N3O3. The molecule has 6 heteroatoms. The van der Waals surface area contributed by atoms with E-state index in [9.17, 15) is 4.79 Å². The van der Waals surface area contributed by atoms with E-state index in [1.165, 1.54) is 0 Å². The van der Waals surface area contributed by atoms with Gasteiger partial charge in [-0.1, -0.05) is 0 Å². The fourth-order valence-electron chi connectivity index (χ4n) is 2.03. The van der Waals surface area contributed by atoms with Gasteiger partial charge in [0.25, 0.3) is 0 Å². The number of aryl methyl sites for hydroxylation is 1. The van der Waals surface area contributed by atoms with Gasteiger partial charge in [0.05, 0.1) is 24.8 Å². The first-order valence-corrected chi connectivity index (χ1v) is 5.68. The van der Waals surface area contributed by atoms with Crippen LogP contribution in [-0.2, 0) is 23.1 Å². The van der Waals surface area contributed by atoms with Gasteiger partial charge in [0.2, 0.25) is 0 Å². The lowest BCUT2D eigenvalue weighted by Gasteiger charge is -2.32. The van der Waals surface area contributed by atoms with Gasteiger partial charge in [-0.25, -0.2) is 0 Å². The van der Waals surface area contributed by atoms with Gasteiger partial charge in [0.1, 0.15) is 0 Å². The molecule has 0 amide bonds. The van der Waals surface area contributed by atoms with Crippen molar-refractivity contribution in [2.75, 3.05) is 19.7 Å². The molecule has 0 bridgehead atoms. The lowest BCUT2D eigenvalue weighted by molar-refractivity contribution is -0.142. The summed E-state index contributed by atoms with van der Waals surface area (Å²) in [6.07, 6.45) is 1.64. The first-order valence-electron chi connectivity index (χ1n) is 5.68. The van der Waals surface area contributed by atoms with E-state index in [4.69, 9.17) is 9.84 Å². The topological polar surface area (TPSA) is 67.6 Å². The van der Waals surface area contributed by atoms with Crippen LogP contribution in [0.3, 0.4) is 0 Å². The second kappa shape index (κ2) is 5.29. The molecule has 1 fully saturated rings. The van der Waals surface area contributed by atoms with E-state index in [1.54, 1.807) is 6.20 Å². The second-order valence-electron chi connectivity index (χ2n) is 4.27. The Hall–Kier alpha value is -1.40. The van der Waals surface area contributed by atoms with E-state index in [-0.39, 0.29) is 12.5 Å². The lowest BCUT2D eigenvalue weighted by Crippen LogP contribution is -2.43. The van der Waals surface area contributed by atoms with Crippen LogP contribution in [0, 0.1) is 0 Å². The number of carboxylic acid groups (broad SMARTS) is 1. The largest absolute Gasteiger partial charge is 0.481 e. The summed E-state index contributed by atoms with van der Waals surface area (Å²) in [6.45, 7) is 2.88. The summed E-state index contributed by atoms with van der Waals surface area (Å²) in [7, 11) is 1.91. The molecule has 1 unspecified atom stereocenters. The zero-order valence-electron chi connectivity index (χ0n) is 9.87. The Labute approximate surface area is 99.8 Å². The minimum Gasteiger partial charge on any atom is -0.481 e. The van der Waals surface area contributed by atoms with Gasteiger partial charge in [-0.05, 0) is 6.07 Å². The quantitative estimate of drug-likeness (QED) is 0.807. The Morgan fingerprint density at radius 3 is 3.18 bits per heavy atom. The van der Waals surface area contributed by atoms with Crippen molar-refractivity contribution < 1.29 is 14.6 Å². The smallest absolute Gasteiger partial charge is 0.306 e. The standard InChI is InChI=1S/C11H17N3O3/c1-13-9(2-3-12-13)7-14-4-5-17-10(8-14)6-11(15)16/h2-3,10H,4-8H2,1H3,(H,15,16). The maximum Gasteiger partial charge on any atom is 0.306 e. The van der Waals surface area contributed by atoms with E-state index in [0.29, 0.717) is 13.2 Å². The van der Waals surface area contributed by atoms with Gasteiger partial charge in [-0.2, -0.15) is 5.10 Å². The summed E-state index contributed by atoms with van der Waals surface area (Å²) in [5.41, 5.74) is 1.13. The fraction of sp³-hybridized carbons (Fsp3) is 0.636.